The Bertz CT molecular complexity index is 468. The monoisotopic (exact) mass is 215 g/mol. The molecular weight excluding hydrogens is 198 g/mol. The van der Waals surface area contributed by atoms with E-state index in [-0.39, 0.29) is 0 Å². The predicted molar refractivity (Wildman–Crippen MR) is 66.7 cm³/mol. The van der Waals surface area contributed by atoms with E-state index >= 15 is 0 Å². The van der Waals surface area contributed by atoms with Crippen molar-refractivity contribution in [2.75, 3.05) is 5.73 Å². The summed E-state index contributed by atoms with van der Waals surface area (Å²) in [5.41, 5.74) is 9.15. The van der Waals surface area contributed by atoms with Gasteiger partial charge < -0.3 is 5.73 Å². The minimum Gasteiger partial charge on any atom is -0.382 e. The summed E-state index contributed by atoms with van der Waals surface area (Å²) in [6.45, 7) is 4.19. The first-order valence-electron chi connectivity index (χ1n) is 5.62. The fraction of sp³-hybridized carbons (Fsp3) is 0.308. The van der Waals surface area contributed by atoms with Gasteiger partial charge in [-0.25, -0.2) is 4.68 Å². The van der Waals surface area contributed by atoms with E-state index in [0.717, 1.165) is 17.8 Å². The van der Waals surface area contributed by atoms with E-state index in [0.29, 0.717) is 5.82 Å². The van der Waals surface area contributed by atoms with Gasteiger partial charge in [0.15, 0.2) is 0 Å². The van der Waals surface area contributed by atoms with E-state index in [4.69, 9.17) is 5.73 Å². The molecule has 1 heterocycles. The van der Waals surface area contributed by atoms with Crippen molar-refractivity contribution in [3.05, 3.63) is 41.6 Å². The highest BCUT2D eigenvalue weighted by molar-refractivity contribution is 5.39. The Hall–Kier alpha value is -1.77. The van der Waals surface area contributed by atoms with Crippen molar-refractivity contribution in [1.29, 1.82) is 0 Å². The van der Waals surface area contributed by atoms with Gasteiger partial charge >= 0.3 is 0 Å². The molecule has 0 unspecified atom stereocenters. The van der Waals surface area contributed by atoms with Crippen molar-refractivity contribution < 1.29 is 0 Å². The maximum atomic E-state index is 5.66. The topological polar surface area (TPSA) is 43.8 Å². The van der Waals surface area contributed by atoms with Crippen LogP contribution in [0.5, 0.6) is 0 Å². The summed E-state index contributed by atoms with van der Waals surface area (Å²) in [5.74, 6) is 0.565. The Kier molecular flexibility index (Phi) is 2.95. The van der Waals surface area contributed by atoms with Crippen LogP contribution in [-0.4, -0.2) is 9.78 Å². The van der Waals surface area contributed by atoms with E-state index in [1.165, 1.54) is 12.0 Å². The lowest BCUT2D eigenvalue weighted by atomic mass is 10.1. The van der Waals surface area contributed by atoms with Crippen molar-refractivity contribution in [2.45, 2.75) is 26.7 Å². The Labute approximate surface area is 95.9 Å². The maximum absolute atomic E-state index is 5.66. The number of anilines is 1. The lowest BCUT2D eigenvalue weighted by Gasteiger charge is -2.05. The molecule has 0 fully saturated rings. The maximum Gasteiger partial charge on any atom is 0.146 e. The molecular formula is C13H17N3. The second kappa shape index (κ2) is 4.39. The average Bonchev–Trinajstić information content (AvgIpc) is 2.59. The van der Waals surface area contributed by atoms with Gasteiger partial charge in [0, 0.05) is 11.8 Å². The van der Waals surface area contributed by atoms with Gasteiger partial charge in [-0.05, 0) is 31.0 Å². The van der Waals surface area contributed by atoms with E-state index < -0.39 is 0 Å². The number of nitrogens with zero attached hydrogens (tertiary/aromatic N) is 2. The quantitative estimate of drug-likeness (QED) is 0.855. The molecule has 0 saturated carbocycles. The first-order chi connectivity index (χ1) is 7.70. The number of nitrogens with two attached hydrogens (primary N) is 1. The van der Waals surface area contributed by atoms with Crippen LogP contribution >= 0.6 is 0 Å². The summed E-state index contributed by atoms with van der Waals surface area (Å²) < 4.78 is 1.87. The Morgan fingerprint density at radius 2 is 1.94 bits per heavy atom. The molecule has 2 rings (SSSR count). The van der Waals surface area contributed by atoms with E-state index in [9.17, 15) is 0 Å². The standard InChI is InChI=1S/C13H17N3/c1-3-4-11-5-7-12(8-6-11)16-10(2)9-13(14)15-16/h5-9H,3-4H2,1-2H3,(H2,14,15). The number of nitrogen functional groups attached to an aromatic ring is 1. The lowest BCUT2D eigenvalue weighted by molar-refractivity contribution is 0.848. The highest BCUT2D eigenvalue weighted by Crippen LogP contribution is 2.14. The highest BCUT2D eigenvalue weighted by atomic mass is 15.3. The second-order valence-corrected chi connectivity index (χ2v) is 4.04. The molecule has 3 heteroatoms. The molecule has 0 spiro atoms. The van der Waals surface area contributed by atoms with Gasteiger partial charge in [0.05, 0.1) is 5.69 Å². The third-order valence-electron chi connectivity index (χ3n) is 2.63. The van der Waals surface area contributed by atoms with Crippen LogP contribution in [0.4, 0.5) is 5.82 Å². The SMILES string of the molecule is CCCc1ccc(-n2nc(N)cc2C)cc1. The first-order valence-corrected chi connectivity index (χ1v) is 5.62. The molecule has 2 aromatic rings. The van der Waals surface area contributed by atoms with Crippen molar-refractivity contribution in [1.82, 2.24) is 9.78 Å². The zero-order valence-electron chi connectivity index (χ0n) is 9.77. The largest absolute Gasteiger partial charge is 0.382 e. The number of benzene rings is 1. The third-order valence-corrected chi connectivity index (χ3v) is 2.63. The van der Waals surface area contributed by atoms with E-state index in [1.807, 2.05) is 17.7 Å². The van der Waals surface area contributed by atoms with Gasteiger partial charge in [-0.3, -0.25) is 0 Å². The molecule has 0 atom stereocenters. The van der Waals surface area contributed by atoms with Crippen molar-refractivity contribution in [2.24, 2.45) is 0 Å². The number of aromatic nitrogens is 2. The second-order valence-electron chi connectivity index (χ2n) is 4.04. The highest BCUT2D eigenvalue weighted by Gasteiger charge is 2.03. The smallest absolute Gasteiger partial charge is 0.146 e. The van der Waals surface area contributed by atoms with Gasteiger partial charge in [-0.1, -0.05) is 25.5 Å². The zero-order valence-corrected chi connectivity index (χ0v) is 9.77. The van der Waals surface area contributed by atoms with Crippen LogP contribution in [0.25, 0.3) is 5.69 Å². The summed E-state index contributed by atoms with van der Waals surface area (Å²) in [7, 11) is 0. The fourth-order valence-corrected chi connectivity index (χ4v) is 1.85. The summed E-state index contributed by atoms with van der Waals surface area (Å²) in [5, 5.41) is 4.25. The summed E-state index contributed by atoms with van der Waals surface area (Å²) in [4.78, 5) is 0. The Morgan fingerprint density at radius 3 is 2.44 bits per heavy atom. The normalized spacial score (nSPS) is 10.6. The first kappa shape index (κ1) is 10.7. The van der Waals surface area contributed by atoms with Crippen molar-refractivity contribution in [3.63, 3.8) is 0 Å². The summed E-state index contributed by atoms with van der Waals surface area (Å²) >= 11 is 0. The molecule has 0 bridgehead atoms. The van der Waals surface area contributed by atoms with Crippen LogP contribution in [-0.2, 0) is 6.42 Å². The van der Waals surface area contributed by atoms with Gasteiger partial charge in [-0.15, -0.1) is 0 Å². The predicted octanol–water partition coefficient (Wildman–Crippen LogP) is 2.72. The van der Waals surface area contributed by atoms with Gasteiger partial charge in [0.1, 0.15) is 5.82 Å². The van der Waals surface area contributed by atoms with Crippen LogP contribution < -0.4 is 5.73 Å². The van der Waals surface area contributed by atoms with Crippen molar-refractivity contribution >= 4 is 5.82 Å². The molecule has 0 radical (unpaired) electrons. The van der Waals surface area contributed by atoms with Crippen LogP contribution in [0.1, 0.15) is 24.6 Å². The van der Waals surface area contributed by atoms with Crippen LogP contribution in [0.2, 0.25) is 0 Å². The van der Waals surface area contributed by atoms with Gasteiger partial charge in [0.2, 0.25) is 0 Å². The van der Waals surface area contributed by atoms with Crippen LogP contribution in [0.15, 0.2) is 30.3 Å². The van der Waals surface area contributed by atoms with Crippen molar-refractivity contribution in [3.8, 4) is 5.69 Å². The molecule has 16 heavy (non-hydrogen) atoms. The molecule has 1 aromatic carbocycles. The average molecular weight is 215 g/mol. The molecule has 0 aliphatic carbocycles. The molecule has 3 nitrogen and oxygen atoms in total. The summed E-state index contributed by atoms with van der Waals surface area (Å²) in [6, 6.07) is 10.3. The fourth-order valence-electron chi connectivity index (χ4n) is 1.85. The summed E-state index contributed by atoms with van der Waals surface area (Å²) in [6.07, 6.45) is 2.30. The molecule has 1 aromatic heterocycles. The van der Waals surface area contributed by atoms with Crippen LogP contribution in [0.3, 0.4) is 0 Å². The number of hydrogen-bond acceptors (Lipinski definition) is 2. The van der Waals surface area contributed by atoms with E-state index in [1.54, 1.807) is 0 Å². The molecule has 2 N–H and O–H groups in total. The van der Waals surface area contributed by atoms with Gasteiger partial charge in [-0.2, -0.15) is 5.10 Å². The number of hydrogen-bond donors (Lipinski definition) is 1. The molecule has 0 aliphatic rings. The van der Waals surface area contributed by atoms with E-state index in [2.05, 4.69) is 36.3 Å². The Balaban J connectivity index is 2.31. The third kappa shape index (κ3) is 2.08. The van der Waals surface area contributed by atoms with Crippen LogP contribution in [0, 0.1) is 6.92 Å². The minimum atomic E-state index is 0.565. The molecule has 0 aliphatic heterocycles. The zero-order chi connectivity index (χ0) is 11.5. The number of rotatable bonds is 3. The lowest BCUT2D eigenvalue weighted by Crippen LogP contribution is -1.99. The molecule has 84 valence electrons. The van der Waals surface area contributed by atoms with Gasteiger partial charge in [0.25, 0.3) is 0 Å². The number of aryl methyl sites for hydroxylation is 2. The molecule has 0 amide bonds. The molecule has 0 saturated heterocycles. The minimum absolute atomic E-state index is 0.565. The Morgan fingerprint density at radius 1 is 1.25 bits per heavy atom.